The summed E-state index contributed by atoms with van der Waals surface area (Å²) in [5.74, 6) is -0.128. The highest BCUT2D eigenvalue weighted by Gasteiger charge is 2.08. The number of rotatable bonds is 6. The highest BCUT2D eigenvalue weighted by Crippen LogP contribution is 2.21. The van der Waals surface area contributed by atoms with Crippen molar-refractivity contribution in [1.29, 1.82) is 0 Å². The lowest BCUT2D eigenvalue weighted by molar-refractivity contribution is -0.121. The fraction of sp³-hybridized carbons (Fsp3) is 0.250. The number of carbonyl (C=O) groups is 1. The first kappa shape index (κ1) is 19.4. The van der Waals surface area contributed by atoms with Crippen molar-refractivity contribution in [2.75, 3.05) is 6.54 Å². The van der Waals surface area contributed by atoms with Crippen LogP contribution in [0, 0.1) is 6.92 Å². The van der Waals surface area contributed by atoms with Crippen molar-refractivity contribution in [3.05, 3.63) is 74.3 Å². The molecule has 0 saturated heterocycles. The Hall–Kier alpha value is -2.37. The van der Waals surface area contributed by atoms with Gasteiger partial charge in [-0.3, -0.25) is 14.2 Å². The molecule has 1 aromatic heterocycles. The topological polar surface area (TPSA) is 64.0 Å². The SMILES string of the molecule is Cc1cccc2c(=O)n(CCC(=O)NCCc3ccc(Cl)cc3Cl)cnc12. The molecule has 0 unspecified atom stereocenters. The zero-order valence-electron chi connectivity index (χ0n) is 14.8. The zero-order chi connectivity index (χ0) is 19.4. The van der Waals surface area contributed by atoms with Crippen LogP contribution in [-0.4, -0.2) is 22.0 Å². The molecule has 140 valence electrons. The summed E-state index contributed by atoms with van der Waals surface area (Å²) in [5.41, 5.74) is 2.44. The summed E-state index contributed by atoms with van der Waals surface area (Å²) < 4.78 is 1.47. The predicted molar refractivity (Wildman–Crippen MR) is 109 cm³/mol. The Morgan fingerprint density at radius 2 is 2.04 bits per heavy atom. The van der Waals surface area contributed by atoms with Crippen LogP contribution in [0.15, 0.2) is 47.5 Å². The monoisotopic (exact) mass is 403 g/mol. The fourth-order valence-electron chi connectivity index (χ4n) is 2.87. The van der Waals surface area contributed by atoms with Crippen molar-refractivity contribution in [3.8, 4) is 0 Å². The predicted octanol–water partition coefficient (Wildman–Crippen LogP) is 3.76. The smallest absolute Gasteiger partial charge is 0.261 e. The van der Waals surface area contributed by atoms with E-state index in [9.17, 15) is 9.59 Å². The summed E-state index contributed by atoms with van der Waals surface area (Å²) in [6.45, 7) is 2.66. The number of aryl methyl sites for hydroxylation is 2. The van der Waals surface area contributed by atoms with E-state index in [0.29, 0.717) is 33.9 Å². The number of nitrogens with zero attached hydrogens (tertiary/aromatic N) is 2. The lowest BCUT2D eigenvalue weighted by Crippen LogP contribution is -2.29. The van der Waals surface area contributed by atoms with Gasteiger partial charge in [-0.05, 0) is 42.7 Å². The third-order valence-electron chi connectivity index (χ3n) is 4.37. The van der Waals surface area contributed by atoms with Gasteiger partial charge in [0.2, 0.25) is 5.91 Å². The Labute approximate surface area is 166 Å². The molecule has 0 spiro atoms. The lowest BCUT2D eigenvalue weighted by Gasteiger charge is -2.09. The molecule has 0 aliphatic carbocycles. The van der Waals surface area contributed by atoms with Crippen molar-refractivity contribution in [2.45, 2.75) is 26.3 Å². The number of amides is 1. The van der Waals surface area contributed by atoms with Gasteiger partial charge in [-0.1, -0.05) is 41.4 Å². The van der Waals surface area contributed by atoms with E-state index in [1.807, 2.05) is 25.1 Å². The Bertz CT molecular complexity index is 1050. The Balaban J connectivity index is 1.55. The normalized spacial score (nSPS) is 10.9. The maximum Gasteiger partial charge on any atom is 0.261 e. The summed E-state index contributed by atoms with van der Waals surface area (Å²) >= 11 is 12.0. The molecule has 0 fully saturated rings. The Kier molecular flexibility index (Phi) is 6.14. The van der Waals surface area contributed by atoms with Crippen LogP contribution in [0.5, 0.6) is 0 Å². The van der Waals surface area contributed by atoms with Crippen LogP contribution in [0.3, 0.4) is 0 Å². The van der Waals surface area contributed by atoms with Crippen LogP contribution in [0.4, 0.5) is 0 Å². The molecular weight excluding hydrogens is 385 g/mol. The molecule has 1 N–H and O–H groups in total. The second-order valence-corrected chi connectivity index (χ2v) is 7.14. The summed E-state index contributed by atoms with van der Waals surface area (Å²) in [6.07, 6.45) is 2.31. The average molecular weight is 404 g/mol. The van der Waals surface area contributed by atoms with Gasteiger partial charge in [-0.2, -0.15) is 0 Å². The van der Waals surface area contributed by atoms with Crippen molar-refractivity contribution in [1.82, 2.24) is 14.9 Å². The lowest BCUT2D eigenvalue weighted by atomic mass is 10.1. The van der Waals surface area contributed by atoms with Crippen molar-refractivity contribution >= 4 is 40.0 Å². The molecule has 7 heteroatoms. The molecule has 0 atom stereocenters. The summed E-state index contributed by atoms with van der Waals surface area (Å²) in [6, 6.07) is 10.8. The van der Waals surface area contributed by atoms with Crippen molar-refractivity contribution < 1.29 is 4.79 Å². The van der Waals surface area contributed by atoms with Gasteiger partial charge in [0, 0.05) is 29.6 Å². The van der Waals surface area contributed by atoms with Crippen molar-refractivity contribution in [2.24, 2.45) is 0 Å². The summed E-state index contributed by atoms with van der Waals surface area (Å²) in [4.78, 5) is 28.9. The number of aromatic nitrogens is 2. The van der Waals surface area contributed by atoms with Gasteiger partial charge in [-0.25, -0.2) is 4.98 Å². The minimum atomic E-state index is -0.135. The second-order valence-electron chi connectivity index (χ2n) is 6.30. The molecule has 5 nitrogen and oxygen atoms in total. The maximum absolute atomic E-state index is 12.5. The molecule has 0 bridgehead atoms. The number of halogens is 2. The molecule has 1 heterocycles. The number of para-hydroxylation sites is 1. The quantitative estimate of drug-likeness (QED) is 0.681. The van der Waals surface area contributed by atoms with E-state index in [1.54, 1.807) is 18.2 Å². The minimum Gasteiger partial charge on any atom is -0.356 e. The molecule has 3 rings (SSSR count). The summed E-state index contributed by atoms with van der Waals surface area (Å²) in [7, 11) is 0. The zero-order valence-corrected chi connectivity index (χ0v) is 16.3. The number of hydrogen-bond donors (Lipinski definition) is 1. The van der Waals surface area contributed by atoms with E-state index in [2.05, 4.69) is 10.3 Å². The highest BCUT2D eigenvalue weighted by molar-refractivity contribution is 6.35. The van der Waals surface area contributed by atoms with E-state index in [-0.39, 0.29) is 24.4 Å². The van der Waals surface area contributed by atoms with Crippen LogP contribution in [-0.2, 0) is 17.8 Å². The third kappa shape index (κ3) is 4.67. The molecular formula is C20H19Cl2N3O2. The minimum absolute atomic E-state index is 0.128. The van der Waals surface area contributed by atoms with Gasteiger partial charge in [0.1, 0.15) is 0 Å². The van der Waals surface area contributed by atoms with Crippen molar-refractivity contribution in [3.63, 3.8) is 0 Å². The highest BCUT2D eigenvalue weighted by atomic mass is 35.5. The molecule has 1 amide bonds. The molecule has 0 radical (unpaired) electrons. The van der Waals surface area contributed by atoms with E-state index in [0.717, 1.165) is 11.1 Å². The number of benzene rings is 2. The van der Waals surface area contributed by atoms with Crippen LogP contribution < -0.4 is 10.9 Å². The van der Waals surface area contributed by atoms with E-state index in [4.69, 9.17) is 23.2 Å². The molecule has 0 aliphatic rings. The van der Waals surface area contributed by atoms with Crippen LogP contribution >= 0.6 is 23.2 Å². The van der Waals surface area contributed by atoms with Crippen LogP contribution in [0.1, 0.15) is 17.5 Å². The van der Waals surface area contributed by atoms with Gasteiger partial charge >= 0.3 is 0 Å². The van der Waals surface area contributed by atoms with E-state index < -0.39 is 0 Å². The summed E-state index contributed by atoms with van der Waals surface area (Å²) in [5, 5.41) is 4.57. The standard InChI is InChI=1S/C20H19Cl2N3O2/c1-13-3-2-4-16-19(13)24-12-25(20(16)27)10-8-18(26)23-9-7-14-5-6-15(21)11-17(14)22/h2-6,11-12H,7-10H2,1H3,(H,23,26). The maximum atomic E-state index is 12.5. The first-order valence-electron chi connectivity index (χ1n) is 8.61. The number of hydrogen-bond acceptors (Lipinski definition) is 3. The fourth-order valence-corrected chi connectivity index (χ4v) is 3.37. The van der Waals surface area contributed by atoms with Gasteiger partial charge in [-0.15, -0.1) is 0 Å². The second kappa shape index (κ2) is 8.55. The Morgan fingerprint density at radius 3 is 2.81 bits per heavy atom. The third-order valence-corrected chi connectivity index (χ3v) is 4.95. The number of nitrogens with one attached hydrogen (secondary N) is 1. The molecule has 27 heavy (non-hydrogen) atoms. The molecule has 0 saturated carbocycles. The van der Waals surface area contributed by atoms with E-state index in [1.165, 1.54) is 10.9 Å². The first-order chi connectivity index (χ1) is 13.0. The average Bonchev–Trinajstić information content (AvgIpc) is 2.63. The number of carbonyl (C=O) groups excluding carboxylic acids is 1. The largest absolute Gasteiger partial charge is 0.356 e. The van der Waals surface area contributed by atoms with Gasteiger partial charge in [0.05, 0.1) is 17.2 Å². The van der Waals surface area contributed by atoms with E-state index >= 15 is 0 Å². The number of fused-ring (bicyclic) bond motifs is 1. The van der Waals surface area contributed by atoms with Gasteiger partial charge < -0.3 is 5.32 Å². The van der Waals surface area contributed by atoms with Crippen LogP contribution in [0.25, 0.3) is 10.9 Å². The molecule has 2 aromatic carbocycles. The molecule has 3 aromatic rings. The van der Waals surface area contributed by atoms with Crippen LogP contribution in [0.2, 0.25) is 10.0 Å². The first-order valence-corrected chi connectivity index (χ1v) is 9.36. The van der Waals surface area contributed by atoms with Gasteiger partial charge in [0.25, 0.3) is 5.56 Å². The molecule has 0 aliphatic heterocycles. The van der Waals surface area contributed by atoms with Gasteiger partial charge in [0.15, 0.2) is 0 Å². The Morgan fingerprint density at radius 1 is 1.22 bits per heavy atom.